The maximum atomic E-state index is 13.0. The Balaban J connectivity index is 1.43. The third kappa shape index (κ3) is 5.03. The van der Waals surface area contributed by atoms with Crippen molar-refractivity contribution in [3.63, 3.8) is 0 Å². The third-order valence-electron chi connectivity index (χ3n) is 5.22. The summed E-state index contributed by atoms with van der Waals surface area (Å²) in [5.74, 6) is -0.301. The Morgan fingerprint density at radius 3 is 2.58 bits per heavy atom. The molecule has 8 nitrogen and oxygen atoms in total. The quantitative estimate of drug-likeness (QED) is 0.630. The second-order valence-corrected chi connectivity index (χ2v) is 8.13. The van der Waals surface area contributed by atoms with Crippen LogP contribution in [-0.2, 0) is 16.0 Å². The highest BCUT2D eigenvalue weighted by molar-refractivity contribution is 6.42. The van der Waals surface area contributed by atoms with Crippen molar-refractivity contribution < 1.29 is 9.59 Å². The minimum Gasteiger partial charge on any atom is -0.330 e. The molecule has 0 bridgehead atoms. The van der Waals surface area contributed by atoms with Crippen LogP contribution in [0.1, 0.15) is 24.8 Å². The van der Waals surface area contributed by atoms with Crippen LogP contribution < -0.4 is 5.32 Å². The number of tetrazole rings is 1. The van der Waals surface area contributed by atoms with E-state index in [1.165, 1.54) is 6.33 Å². The average molecular weight is 459 g/mol. The van der Waals surface area contributed by atoms with Crippen LogP contribution in [0.25, 0.3) is 5.69 Å². The van der Waals surface area contributed by atoms with Crippen molar-refractivity contribution in [1.29, 1.82) is 0 Å². The fourth-order valence-electron chi connectivity index (χ4n) is 3.62. The van der Waals surface area contributed by atoms with E-state index in [9.17, 15) is 9.59 Å². The Hall–Kier alpha value is -2.97. The van der Waals surface area contributed by atoms with Gasteiger partial charge in [0.1, 0.15) is 12.4 Å². The zero-order chi connectivity index (χ0) is 21.8. The summed E-state index contributed by atoms with van der Waals surface area (Å²) in [6.45, 7) is 0.557. The van der Waals surface area contributed by atoms with E-state index >= 15 is 0 Å². The summed E-state index contributed by atoms with van der Waals surface area (Å²) < 4.78 is 1.54. The summed E-state index contributed by atoms with van der Waals surface area (Å²) in [6, 6.07) is 11.8. The molecule has 2 heterocycles. The predicted molar refractivity (Wildman–Crippen MR) is 117 cm³/mol. The minimum atomic E-state index is -0.517. The Labute approximate surface area is 189 Å². The number of benzene rings is 2. The number of anilines is 1. The van der Waals surface area contributed by atoms with Crippen LogP contribution >= 0.6 is 23.2 Å². The van der Waals surface area contributed by atoms with E-state index in [2.05, 4.69) is 20.8 Å². The van der Waals surface area contributed by atoms with E-state index in [1.54, 1.807) is 27.8 Å². The first kappa shape index (κ1) is 21.3. The Kier molecular flexibility index (Phi) is 6.48. The summed E-state index contributed by atoms with van der Waals surface area (Å²) >= 11 is 12.0. The fourth-order valence-corrected chi connectivity index (χ4v) is 3.92. The largest absolute Gasteiger partial charge is 0.330 e. The summed E-state index contributed by atoms with van der Waals surface area (Å²) in [6.07, 6.45) is 4.11. The van der Waals surface area contributed by atoms with Crippen LogP contribution in [0, 0.1) is 0 Å². The SMILES string of the molecule is O=C(Nc1ccc(Cl)c(Cl)c1)C1CCCCN1C(=O)Cc1ccc(-n2cnnn2)cc1. The van der Waals surface area contributed by atoms with Gasteiger partial charge in [-0.1, -0.05) is 35.3 Å². The molecule has 2 amide bonds. The molecule has 1 atom stereocenters. The molecule has 0 spiro atoms. The lowest BCUT2D eigenvalue weighted by Gasteiger charge is -2.35. The molecule has 0 saturated carbocycles. The monoisotopic (exact) mass is 458 g/mol. The number of carbonyl (C=O) groups is 2. The van der Waals surface area contributed by atoms with E-state index in [-0.39, 0.29) is 18.2 Å². The van der Waals surface area contributed by atoms with Gasteiger partial charge >= 0.3 is 0 Å². The Bertz CT molecular complexity index is 1070. The summed E-state index contributed by atoms with van der Waals surface area (Å²) in [5, 5.41) is 14.7. The second kappa shape index (κ2) is 9.45. The molecule has 1 fully saturated rings. The molecule has 1 aliphatic rings. The first-order valence-corrected chi connectivity index (χ1v) is 10.6. The van der Waals surface area contributed by atoms with E-state index < -0.39 is 6.04 Å². The van der Waals surface area contributed by atoms with Crippen LogP contribution in [0.4, 0.5) is 5.69 Å². The van der Waals surface area contributed by atoms with Gasteiger partial charge in [0.25, 0.3) is 0 Å². The molecule has 4 rings (SSSR count). The highest BCUT2D eigenvalue weighted by Gasteiger charge is 2.32. The lowest BCUT2D eigenvalue weighted by Crippen LogP contribution is -2.50. The second-order valence-electron chi connectivity index (χ2n) is 7.31. The molecular weight excluding hydrogens is 439 g/mol. The number of nitrogens with one attached hydrogen (secondary N) is 1. The van der Waals surface area contributed by atoms with Gasteiger partial charge in [0, 0.05) is 12.2 Å². The predicted octanol–water partition coefficient (Wildman–Crippen LogP) is 3.53. The van der Waals surface area contributed by atoms with Gasteiger partial charge in [0.05, 0.1) is 22.2 Å². The van der Waals surface area contributed by atoms with Crippen molar-refractivity contribution >= 4 is 40.7 Å². The van der Waals surface area contributed by atoms with Crippen molar-refractivity contribution in [3.05, 3.63) is 64.4 Å². The average Bonchev–Trinajstić information content (AvgIpc) is 3.32. The zero-order valence-electron chi connectivity index (χ0n) is 16.5. The lowest BCUT2D eigenvalue weighted by molar-refractivity contribution is -0.139. The topological polar surface area (TPSA) is 93.0 Å². The molecule has 160 valence electrons. The van der Waals surface area contributed by atoms with Gasteiger partial charge in [-0.3, -0.25) is 9.59 Å². The molecule has 0 aliphatic carbocycles. The number of piperidine rings is 1. The highest BCUT2D eigenvalue weighted by atomic mass is 35.5. The summed E-state index contributed by atoms with van der Waals surface area (Å²) in [4.78, 5) is 27.6. The van der Waals surface area contributed by atoms with E-state index in [1.807, 2.05) is 24.3 Å². The summed E-state index contributed by atoms with van der Waals surface area (Å²) in [5.41, 5.74) is 2.21. The Morgan fingerprint density at radius 1 is 1.06 bits per heavy atom. The first-order chi connectivity index (χ1) is 15.0. The van der Waals surface area contributed by atoms with Crippen molar-refractivity contribution in [2.24, 2.45) is 0 Å². The van der Waals surface area contributed by atoms with Gasteiger partial charge in [-0.2, -0.15) is 0 Å². The van der Waals surface area contributed by atoms with Crippen molar-refractivity contribution in [2.45, 2.75) is 31.7 Å². The third-order valence-corrected chi connectivity index (χ3v) is 5.96. The number of carbonyl (C=O) groups excluding carboxylic acids is 2. The van der Waals surface area contributed by atoms with E-state index in [4.69, 9.17) is 23.2 Å². The number of hydrogen-bond acceptors (Lipinski definition) is 5. The normalized spacial score (nSPS) is 16.2. The van der Waals surface area contributed by atoms with Gasteiger partial charge in [-0.25, -0.2) is 4.68 Å². The van der Waals surface area contributed by atoms with Gasteiger partial charge in [0.2, 0.25) is 11.8 Å². The molecule has 10 heteroatoms. The number of halogens is 2. The molecule has 1 aliphatic heterocycles. The molecular formula is C21H20Cl2N6O2. The van der Waals surface area contributed by atoms with Crippen LogP contribution in [0.2, 0.25) is 10.0 Å². The number of aromatic nitrogens is 4. The number of nitrogens with zero attached hydrogens (tertiary/aromatic N) is 5. The maximum Gasteiger partial charge on any atom is 0.247 e. The smallest absolute Gasteiger partial charge is 0.247 e. The van der Waals surface area contributed by atoms with Crippen molar-refractivity contribution in [3.8, 4) is 5.69 Å². The Morgan fingerprint density at radius 2 is 1.87 bits per heavy atom. The number of hydrogen-bond donors (Lipinski definition) is 1. The highest BCUT2D eigenvalue weighted by Crippen LogP contribution is 2.26. The zero-order valence-corrected chi connectivity index (χ0v) is 18.1. The maximum absolute atomic E-state index is 13.0. The fraction of sp³-hybridized carbons (Fsp3) is 0.286. The number of rotatable bonds is 5. The molecule has 1 unspecified atom stereocenters. The lowest BCUT2D eigenvalue weighted by atomic mass is 9.99. The van der Waals surface area contributed by atoms with Gasteiger partial charge in [0.15, 0.2) is 0 Å². The van der Waals surface area contributed by atoms with Crippen molar-refractivity contribution in [1.82, 2.24) is 25.1 Å². The minimum absolute atomic E-state index is 0.0795. The standard InChI is InChI=1S/C21H20Cl2N6O2/c22-17-9-6-15(12-18(17)23)25-21(31)19-3-1-2-10-28(19)20(30)11-14-4-7-16(8-5-14)29-13-24-26-27-29/h4-9,12-13,19H,1-3,10-11H2,(H,25,31). The molecule has 2 aromatic carbocycles. The summed E-state index contributed by atoms with van der Waals surface area (Å²) in [7, 11) is 0. The molecule has 1 aromatic heterocycles. The molecule has 1 N–H and O–H groups in total. The van der Waals surface area contributed by atoms with Crippen LogP contribution in [0.3, 0.4) is 0 Å². The molecule has 0 radical (unpaired) electrons. The molecule has 31 heavy (non-hydrogen) atoms. The first-order valence-electron chi connectivity index (χ1n) is 9.89. The van der Waals surface area contributed by atoms with Gasteiger partial charge in [-0.05, 0) is 65.6 Å². The van der Waals surface area contributed by atoms with Crippen LogP contribution in [0.5, 0.6) is 0 Å². The molecule has 3 aromatic rings. The van der Waals surface area contributed by atoms with E-state index in [0.29, 0.717) is 28.7 Å². The van der Waals surface area contributed by atoms with Gasteiger partial charge < -0.3 is 10.2 Å². The molecule has 1 saturated heterocycles. The van der Waals surface area contributed by atoms with Crippen LogP contribution in [-0.4, -0.2) is 49.5 Å². The number of amides is 2. The number of likely N-dealkylation sites (tertiary alicyclic amines) is 1. The van der Waals surface area contributed by atoms with Crippen LogP contribution in [0.15, 0.2) is 48.8 Å². The van der Waals surface area contributed by atoms with Crippen molar-refractivity contribution in [2.75, 3.05) is 11.9 Å². The van der Waals surface area contributed by atoms with E-state index in [0.717, 1.165) is 24.1 Å². The van der Waals surface area contributed by atoms with Gasteiger partial charge in [-0.15, -0.1) is 5.10 Å².